The quantitative estimate of drug-likeness (QED) is 0.810. The van der Waals surface area contributed by atoms with Gasteiger partial charge in [0.25, 0.3) is 0 Å². The van der Waals surface area contributed by atoms with E-state index in [4.69, 9.17) is 0 Å². The van der Waals surface area contributed by atoms with Gasteiger partial charge in [0.05, 0.1) is 16.4 Å². The van der Waals surface area contributed by atoms with Gasteiger partial charge in [0.15, 0.2) is 9.84 Å². The highest BCUT2D eigenvalue weighted by Crippen LogP contribution is 2.32. The maximum absolute atomic E-state index is 12.8. The van der Waals surface area contributed by atoms with Gasteiger partial charge in [-0.15, -0.1) is 0 Å². The van der Waals surface area contributed by atoms with E-state index in [0.717, 1.165) is 9.87 Å². The summed E-state index contributed by atoms with van der Waals surface area (Å²) in [5, 5.41) is 2.64. The van der Waals surface area contributed by atoms with Crippen molar-refractivity contribution in [2.45, 2.75) is 37.2 Å². The normalized spacial score (nSPS) is 23.3. The van der Waals surface area contributed by atoms with Crippen LogP contribution >= 0.6 is 0 Å². The third-order valence-electron chi connectivity index (χ3n) is 4.37. The Kier molecular flexibility index (Phi) is 5.08. The van der Waals surface area contributed by atoms with E-state index >= 15 is 0 Å². The lowest BCUT2D eigenvalue weighted by atomic mass is 10.0. The van der Waals surface area contributed by atoms with E-state index in [2.05, 4.69) is 5.32 Å². The predicted molar refractivity (Wildman–Crippen MR) is 90.6 cm³/mol. The first-order valence-corrected chi connectivity index (χ1v) is 10.8. The summed E-state index contributed by atoms with van der Waals surface area (Å²) in [5.74, 6) is -0.336. The van der Waals surface area contributed by atoms with Gasteiger partial charge in [-0.3, -0.25) is 4.79 Å². The second-order valence-corrected chi connectivity index (χ2v) is 10.5. The molecule has 1 aromatic carbocycles. The van der Waals surface area contributed by atoms with E-state index < -0.39 is 25.4 Å². The van der Waals surface area contributed by atoms with Crippen LogP contribution in [-0.2, 0) is 31.2 Å². The molecule has 0 saturated carbocycles. The first-order valence-electron chi connectivity index (χ1n) is 7.49. The van der Waals surface area contributed by atoms with Crippen LogP contribution < -0.4 is 5.32 Å². The molecule has 0 aliphatic carbocycles. The number of rotatable bonds is 5. The van der Waals surface area contributed by atoms with Crippen molar-refractivity contribution < 1.29 is 21.6 Å². The zero-order valence-electron chi connectivity index (χ0n) is 13.9. The fourth-order valence-corrected chi connectivity index (χ4v) is 6.49. The Morgan fingerprint density at radius 3 is 2.33 bits per heavy atom. The van der Waals surface area contributed by atoms with Crippen molar-refractivity contribution in [1.82, 2.24) is 9.62 Å². The Labute approximate surface area is 143 Å². The molecule has 1 N–H and O–H groups in total. The zero-order valence-corrected chi connectivity index (χ0v) is 15.6. The van der Waals surface area contributed by atoms with E-state index in [0.29, 0.717) is 6.54 Å². The highest BCUT2D eigenvalue weighted by molar-refractivity contribution is 7.92. The van der Waals surface area contributed by atoms with Crippen LogP contribution in [0.5, 0.6) is 0 Å². The van der Waals surface area contributed by atoms with Gasteiger partial charge in [-0.25, -0.2) is 16.8 Å². The van der Waals surface area contributed by atoms with Crippen molar-refractivity contribution in [3.63, 3.8) is 0 Å². The number of hydrogen-bond donors (Lipinski definition) is 1. The summed E-state index contributed by atoms with van der Waals surface area (Å²) in [6.07, 6.45) is 0.283. The SMILES string of the molecule is CC(=O)NCc1ccc(S(=O)(=O)N(C)[C@]2(C)CCS(=O)(=O)C2)cc1. The number of sulfone groups is 1. The van der Waals surface area contributed by atoms with Gasteiger partial charge in [-0.05, 0) is 31.0 Å². The van der Waals surface area contributed by atoms with Crippen LogP contribution in [0.4, 0.5) is 0 Å². The fraction of sp³-hybridized carbons (Fsp3) is 0.533. The van der Waals surface area contributed by atoms with Crippen molar-refractivity contribution in [3.8, 4) is 0 Å². The third-order valence-corrected chi connectivity index (χ3v) is 8.28. The van der Waals surface area contributed by atoms with Crippen LogP contribution in [0.15, 0.2) is 29.2 Å². The summed E-state index contributed by atoms with van der Waals surface area (Å²) >= 11 is 0. The van der Waals surface area contributed by atoms with Gasteiger partial charge in [0.1, 0.15) is 0 Å². The number of benzene rings is 1. The van der Waals surface area contributed by atoms with Gasteiger partial charge in [-0.2, -0.15) is 4.31 Å². The van der Waals surface area contributed by atoms with Crippen molar-refractivity contribution >= 4 is 25.8 Å². The molecule has 1 atom stereocenters. The topological polar surface area (TPSA) is 101 Å². The predicted octanol–water partition coefficient (Wildman–Crippen LogP) is 0.520. The number of nitrogens with one attached hydrogen (secondary N) is 1. The maximum Gasteiger partial charge on any atom is 0.243 e. The molecule has 1 fully saturated rings. The van der Waals surface area contributed by atoms with E-state index in [1.807, 2.05) is 0 Å². The molecule has 0 unspecified atom stereocenters. The highest BCUT2D eigenvalue weighted by atomic mass is 32.2. The highest BCUT2D eigenvalue weighted by Gasteiger charge is 2.46. The molecule has 0 bridgehead atoms. The lowest BCUT2D eigenvalue weighted by Crippen LogP contribution is -2.48. The molecule has 1 aliphatic heterocycles. The lowest BCUT2D eigenvalue weighted by molar-refractivity contribution is -0.119. The van der Waals surface area contributed by atoms with Gasteiger partial charge >= 0.3 is 0 Å². The maximum atomic E-state index is 12.8. The standard InChI is InChI=1S/C15H22N2O5S2/c1-12(18)16-10-13-4-6-14(7-5-13)24(21,22)17(3)15(2)8-9-23(19,20)11-15/h4-7H,8-11H2,1-3H3,(H,16,18)/t15-/m1/s1. The Balaban J connectivity index is 2.22. The molecule has 0 radical (unpaired) electrons. The van der Waals surface area contributed by atoms with Gasteiger partial charge in [0.2, 0.25) is 15.9 Å². The molecule has 1 aliphatic rings. The average Bonchev–Trinajstić information content (AvgIpc) is 2.79. The molecule has 1 saturated heterocycles. The largest absolute Gasteiger partial charge is 0.352 e. The van der Waals surface area contributed by atoms with Crippen molar-refractivity contribution in [3.05, 3.63) is 29.8 Å². The van der Waals surface area contributed by atoms with Crippen LogP contribution in [0.1, 0.15) is 25.8 Å². The molecule has 0 aromatic heterocycles. The number of hydrogen-bond acceptors (Lipinski definition) is 5. The summed E-state index contributed by atoms with van der Waals surface area (Å²) in [4.78, 5) is 11.0. The minimum atomic E-state index is -3.80. The average molecular weight is 374 g/mol. The summed E-state index contributed by atoms with van der Waals surface area (Å²) in [6.45, 7) is 3.38. The summed E-state index contributed by atoms with van der Waals surface area (Å²) in [6, 6.07) is 6.19. The molecule has 9 heteroatoms. The summed E-state index contributed by atoms with van der Waals surface area (Å²) < 4.78 is 50.2. The Morgan fingerprint density at radius 2 is 1.88 bits per heavy atom. The molecule has 2 rings (SSSR count). The van der Waals surface area contributed by atoms with Crippen molar-refractivity contribution in [1.29, 1.82) is 0 Å². The van der Waals surface area contributed by atoms with E-state index in [1.54, 1.807) is 19.1 Å². The molecular formula is C15H22N2O5S2. The van der Waals surface area contributed by atoms with Gasteiger partial charge in [-0.1, -0.05) is 12.1 Å². The smallest absolute Gasteiger partial charge is 0.243 e. The monoisotopic (exact) mass is 374 g/mol. The van der Waals surface area contributed by atoms with Crippen LogP contribution in [0.3, 0.4) is 0 Å². The van der Waals surface area contributed by atoms with E-state index in [-0.39, 0.29) is 28.7 Å². The Hall–Kier alpha value is -1.45. The third kappa shape index (κ3) is 3.96. The molecule has 1 amide bonds. The fourth-order valence-electron chi connectivity index (χ4n) is 2.70. The van der Waals surface area contributed by atoms with Crippen LogP contribution in [0.2, 0.25) is 0 Å². The number of carbonyl (C=O) groups is 1. The van der Waals surface area contributed by atoms with Crippen molar-refractivity contribution in [2.24, 2.45) is 0 Å². The summed E-state index contributed by atoms with van der Waals surface area (Å²) in [5.41, 5.74) is -0.159. The van der Waals surface area contributed by atoms with E-state index in [1.165, 1.54) is 26.1 Å². The number of amides is 1. The van der Waals surface area contributed by atoms with E-state index in [9.17, 15) is 21.6 Å². The molecule has 7 nitrogen and oxygen atoms in total. The molecule has 1 aromatic rings. The van der Waals surface area contributed by atoms with Crippen LogP contribution in [-0.4, -0.2) is 51.1 Å². The number of sulfonamides is 1. The Bertz CT molecular complexity index is 831. The molecule has 134 valence electrons. The van der Waals surface area contributed by atoms with Crippen molar-refractivity contribution in [2.75, 3.05) is 18.6 Å². The second-order valence-electron chi connectivity index (χ2n) is 6.37. The molecule has 0 spiro atoms. The molecular weight excluding hydrogens is 352 g/mol. The van der Waals surface area contributed by atoms with Crippen LogP contribution in [0.25, 0.3) is 0 Å². The number of carbonyl (C=O) groups excluding carboxylic acids is 1. The van der Waals surface area contributed by atoms with Gasteiger partial charge < -0.3 is 5.32 Å². The first-order chi connectivity index (χ1) is 11.0. The second kappa shape index (κ2) is 6.45. The van der Waals surface area contributed by atoms with Gasteiger partial charge in [0, 0.05) is 26.1 Å². The number of nitrogens with zero attached hydrogens (tertiary/aromatic N) is 1. The molecule has 1 heterocycles. The van der Waals surface area contributed by atoms with Crippen LogP contribution in [0, 0.1) is 0 Å². The lowest BCUT2D eigenvalue weighted by Gasteiger charge is -2.33. The molecule has 24 heavy (non-hydrogen) atoms. The minimum absolute atomic E-state index is 0.000979. The minimum Gasteiger partial charge on any atom is -0.352 e. The first kappa shape index (κ1) is 18.9. The zero-order chi connectivity index (χ0) is 18.2. The summed E-state index contributed by atoms with van der Waals surface area (Å²) in [7, 11) is -5.59. The Morgan fingerprint density at radius 1 is 1.29 bits per heavy atom.